The van der Waals surface area contributed by atoms with Crippen LogP contribution in [0, 0.1) is 0 Å². The molecule has 0 spiro atoms. The van der Waals surface area contributed by atoms with Gasteiger partial charge in [0, 0.05) is 11.4 Å². The molecule has 1 fully saturated rings. The van der Waals surface area contributed by atoms with E-state index in [1.807, 2.05) is 6.07 Å². The van der Waals surface area contributed by atoms with Gasteiger partial charge < -0.3 is 10.1 Å². The van der Waals surface area contributed by atoms with E-state index in [1.54, 1.807) is 0 Å². The topological polar surface area (TPSA) is 39.1 Å². The number of aromatic nitrogens is 2. The zero-order chi connectivity index (χ0) is 11.9. The summed E-state index contributed by atoms with van der Waals surface area (Å²) < 4.78 is 8.17. The van der Waals surface area contributed by atoms with Gasteiger partial charge in [-0.1, -0.05) is 18.2 Å². The largest absolute Gasteiger partial charge is 0.368 e. The molecule has 0 saturated carbocycles. The minimum atomic E-state index is 0.161. The Balaban J connectivity index is 1.86. The van der Waals surface area contributed by atoms with Crippen molar-refractivity contribution in [1.29, 1.82) is 0 Å². The van der Waals surface area contributed by atoms with Gasteiger partial charge in [-0.2, -0.15) is 5.10 Å². The van der Waals surface area contributed by atoms with Crippen LogP contribution in [0.15, 0.2) is 24.3 Å². The number of nitrogens with one attached hydrogen (secondary N) is 1. The highest BCUT2D eigenvalue weighted by Gasteiger charge is 2.33. The smallest absolute Gasteiger partial charge is 0.115 e. The first-order valence-corrected chi connectivity index (χ1v) is 6.74. The summed E-state index contributed by atoms with van der Waals surface area (Å²) in [5.41, 5.74) is 2.34. The van der Waals surface area contributed by atoms with Crippen molar-refractivity contribution < 1.29 is 4.74 Å². The number of ether oxygens (including phenoxy) is 1. The third-order valence-corrected chi connectivity index (χ3v) is 4.02. The van der Waals surface area contributed by atoms with Gasteiger partial charge in [-0.05, 0) is 25.5 Å². The molecule has 3 heterocycles. The van der Waals surface area contributed by atoms with Crippen molar-refractivity contribution in [3.63, 3.8) is 0 Å². The van der Waals surface area contributed by atoms with Crippen LogP contribution < -0.4 is 5.32 Å². The van der Waals surface area contributed by atoms with Crippen LogP contribution in [0.1, 0.15) is 24.6 Å². The van der Waals surface area contributed by atoms with Crippen molar-refractivity contribution in [2.75, 3.05) is 13.2 Å². The molecule has 0 bridgehead atoms. The van der Waals surface area contributed by atoms with Gasteiger partial charge >= 0.3 is 0 Å². The van der Waals surface area contributed by atoms with E-state index < -0.39 is 0 Å². The molecule has 2 atom stereocenters. The van der Waals surface area contributed by atoms with Crippen molar-refractivity contribution in [3.8, 4) is 0 Å². The molecule has 2 aliphatic heterocycles. The van der Waals surface area contributed by atoms with Gasteiger partial charge in [-0.25, -0.2) is 0 Å². The summed E-state index contributed by atoms with van der Waals surface area (Å²) in [5, 5.41) is 9.49. The summed E-state index contributed by atoms with van der Waals surface area (Å²) in [5.74, 6) is 0. The Morgan fingerprint density at radius 2 is 2.28 bits per heavy atom. The van der Waals surface area contributed by atoms with Crippen LogP contribution in [0.5, 0.6) is 0 Å². The maximum absolute atomic E-state index is 6.03. The minimum absolute atomic E-state index is 0.161. The molecule has 1 N–H and O–H groups in total. The number of hydrogen-bond acceptors (Lipinski definition) is 3. The lowest BCUT2D eigenvalue weighted by Gasteiger charge is -2.29. The van der Waals surface area contributed by atoms with Crippen molar-refractivity contribution in [1.82, 2.24) is 15.1 Å². The average molecular weight is 243 g/mol. The van der Waals surface area contributed by atoms with Crippen molar-refractivity contribution in [2.24, 2.45) is 0 Å². The molecule has 94 valence electrons. The van der Waals surface area contributed by atoms with Crippen molar-refractivity contribution in [2.45, 2.75) is 31.5 Å². The molecule has 1 aromatic heterocycles. The molecule has 1 unspecified atom stereocenters. The quantitative estimate of drug-likeness (QED) is 0.831. The molecule has 2 aliphatic rings. The van der Waals surface area contributed by atoms with Crippen LogP contribution in [0.2, 0.25) is 0 Å². The highest BCUT2D eigenvalue weighted by molar-refractivity contribution is 5.82. The van der Waals surface area contributed by atoms with E-state index in [0.717, 1.165) is 25.2 Å². The second kappa shape index (κ2) is 4.07. The first-order valence-electron chi connectivity index (χ1n) is 6.74. The molecule has 0 amide bonds. The standard InChI is InChI=1S/C14H17N3O/c1-2-5-11-10(4-1)13-14(12-6-3-7-15-12)18-9-8-17(13)16-11/h1-2,4-5,12,14-15H,3,6-9H2/t12-,14?/m0/s1. The molecule has 4 heteroatoms. The first kappa shape index (κ1) is 10.5. The zero-order valence-electron chi connectivity index (χ0n) is 10.3. The Kier molecular flexibility index (Phi) is 2.38. The van der Waals surface area contributed by atoms with Crippen LogP contribution in [0.3, 0.4) is 0 Å². The molecule has 1 aromatic carbocycles. The Hall–Kier alpha value is -1.39. The zero-order valence-corrected chi connectivity index (χ0v) is 10.3. The molecular weight excluding hydrogens is 226 g/mol. The van der Waals surface area contributed by atoms with Crippen molar-refractivity contribution >= 4 is 10.9 Å². The SMILES string of the molecule is c1ccc2c3n(nc2c1)CCOC3[C@@H]1CCCN1. The summed E-state index contributed by atoms with van der Waals surface area (Å²) >= 11 is 0. The number of nitrogens with zero attached hydrogens (tertiary/aromatic N) is 2. The summed E-state index contributed by atoms with van der Waals surface area (Å²) in [6, 6.07) is 8.82. The summed E-state index contributed by atoms with van der Waals surface area (Å²) in [6.45, 7) is 2.74. The second-order valence-corrected chi connectivity index (χ2v) is 5.12. The van der Waals surface area contributed by atoms with Crippen LogP contribution in [-0.2, 0) is 11.3 Å². The van der Waals surface area contributed by atoms with Gasteiger partial charge in [-0.3, -0.25) is 4.68 Å². The fraction of sp³-hybridized carbons (Fsp3) is 0.500. The molecule has 4 rings (SSSR count). The number of hydrogen-bond donors (Lipinski definition) is 1. The molecule has 4 nitrogen and oxygen atoms in total. The Morgan fingerprint density at radius 1 is 1.33 bits per heavy atom. The Labute approximate surface area is 106 Å². The maximum atomic E-state index is 6.03. The molecule has 1 saturated heterocycles. The Bertz CT molecular complexity index is 571. The van der Waals surface area contributed by atoms with Gasteiger partial charge in [0.2, 0.25) is 0 Å². The van der Waals surface area contributed by atoms with E-state index in [1.165, 1.54) is 23.9 Å². The van der Waals surface area contributed by atoms with Crippen LogP contribution in [0.25, 0.3) is 10.9 Å². The molecule has 18 heavy (non-hydrogen) atoms. The monoisotopic (exact) mass is 243 g/mol. The highest BCUT2D eigenvalue weighted by atomic mass is 16.5. The van der Waals surface area contributed by atoms with E-state index in [-0.39, 0.29) is 6.10 Å². The minimum Gasteiger partial charge on any atom is -0.368 e. The predicted octanol–water partition coefficient (Wildman–Crippen LogP) is 1.86. The average Bonchev–Trinajstić information content (AvgIpc) is 3.05. The van der Waals surface area contributed by atoms with Gasteiger partial charge in [0.1, 0.15) is 6.10 Å². The lowest BCUT2D eigenvalue weighted by Crippen LogP contribution is -2.35. The molecule has 0 radical (unpaired) electrons. The normalized spacial score (nSPS) is 27.6. The van der Waals surface area contributed by atoms with Gasteiger partial charge in [0.05, 0.1) is 24.4 Å². The van der Waals surface area contributed by atoms with Gasteiger partial charge in [-0.15, -0.1) is 0 Å². The summed E-state index contributed by atoms with van der Waals surface area (Å²) in [4.78, 5) is 0. The fourth-order valence-electron chi connectivity index (χ4n) is 3.19. The van der Waals surface area contributed by atoms with Crippen LogP contribution in [0.4, 0.5) is 0 Å². The van der Waals surface area contributed by atoms with E-state index >= 15 is 0 Å². The lowest BCUT2D eigenvalue weighted by molar-refractivity contribution is -0.00225. The first-order chi connectivity index (χ1) is 8.93. The number of benzene rings is 1. The third-order valence-electron chi connectivity index (χ3n) is 4.02. The summed E-state index contributed by atoms with van der Waals surface area (Å²) in [6.07, 6.45) is 2.61. The number of fused-ring (bicyclic) bond motifs is 3. The predicted molar refractivity (Wildman–Crippen MR) is 69.5 cm³/mol. The van der Waals surface area contributed by atoms with E-state index in [0.29, 0.717) is 6.04 Å². The Morgan fingerprint density at radius 3 is 3.17 bits per heavy atom. The van der Waals surface area contributed by atoms with Crippen LogP contribution in [-0.4, -0.2) is 29.0 Å². The second-order valence-electron chi connectivity index (χ2n) is 5.12. The fourth-order valence-corrected chi connectivity index (χ4v) is 3.19. The van der Waals surface area contributed by atoms with Crippen molar-refractivity contribution in [3.05, 3.63) is 30.0 Å². The highest BCUT2D eigenvalue weighted by Crippen LogP contribution is 2.34. The van der Waals surface area contributed by atoms with Gasteiger partial charge in [0.25, 0.3) is 0 Å². The molecule has 2 aromatic rings. The molecule has 0 aliphatic carbocycles. The van der Waals surface area contributed by atoms with Crippen LogP contribution >= 0.6 is 0 Å². The maximum Gasteiger partial charge on any atom is 0.115 e. The lowest BCUT2D eigenvalue weighted by atomic mass is 10.0. The summed E-state index contributed by atoms with van der Waals surface area (Å²) in [7, 11) is 0. The van der Waals surface area contributed by atoms with E-state index in [9.17, 15) is 0 Å². The van der Waals surface area contributed by atoms with E-state index in [4.69, 9.17) is 4.74 Å². The number of rotatable bonds is 1. The van der Waals surface area contributed by atoms with Gasteiger partial charge in [0.15, 0.2) is 0 Å². The van der Waals surface area contributed by atoms with E-state index in [2.05, 4.69) is 33.3 Å². The molecular formula is C14H17N3O. The third kappa shape index (κ3) is 1.49.